The lowest BCUT2D eigenvalue weighted by Gasteiger charge is -2.22. The Labute approximate surface area is 175 Å². The summed E-state index contributed by atoms with van der Waals surface area (Å²) in [5.74, 6) is -1.88. The fourth-order valence-electron chi connectivity index (χ4n) is 3.10. The molecule has 0 saturated heterocycles. The third-order valence-electron chi connectivity index (χ3n) is 4.95. The second-order valence-corrected chi connectivity index (χ2v) is 8.86. The molecule has 2 N–H and O–H groups in total. The predicted molar refractivity (Wildman–Crippen MR) is 111 cm³/mol. The van der Waals surface area contributed by atoms with Crippen LogP contribution in [0.5, 0.6) is 0 Å². The molecule has 0 radical (unpaired) electrons. The normalized spacial score (nSPS) is 13.9. The van der Waals surface area contributed by atoms with Gasteiger partial charge in [-0.1, -0.05) is 6.07 Å². The van der Waals surface area contributed by atoms with Gasteiger partial charge in [-0.2, -0.15) is 0 Å². The quantitative estimate of drug-likeness (QED) is 0.632. The van der Waals surface area contributed by atoms with Gasteiger partial charge in [0.2, 0.25) is 10.0 Å². The number of hydrogen-bond donors (Lipinski definition) is 2. The topological polar surface area (TPSA) is 78.5 Å². The zero-order valence-corrected chi connectivity index (χ0v) is 17.7. The van der Waals surface area contributed by atoms with Gasteiger partial charge in [-0.15, -0.1) is 0 Å². The van der Waals surface area contributed by atoms with E-state index in [0.717, 1.165) is 12.1 Å². The first-order valence-electron chi connectivity index (χ1n) is 9.88. The number of amides is 1. The highest BCUT2D eigenvalue weighted by Crippen LogP contribution is 2.24. The van der Waals surface area contributed by atoms with Crippen LogP contribution in [0.3, 0.4) is 0 Å². The van der Waals surface area contributed by atoms with Crippen LogP contribution < -0.4 is 14.9 Å². The number of carbonyl (C=O) groups excluding carboxylic acids is 1. The van der Waals surface area contributed by atoms with E-state index >= 15 is 0 Å². The summed E-state index contributed by atoms with van der Waals surface area (Å²) < 4.78 is 55.5. The van der Waals surface area contributed by atoms with Gasteiger partial charge in [0.1, 0.15) is 16.5 Å². The minimum Gasteiger partial charge on any atom is -0.370 e. The van der Waals surface area contributed by atoms with E-state index in [9.17, 15) is 22.0 Å². The molecule has 0 bridgehead atoms. The number of hydrogen-bond acceptors (Lipinski definition) is 4. The molecule has 1 fully saturated rings. The van der Waals surface area contributed by atoms with Crippen molar-refractivity contribution >= 4 is 21.6 Å². The summed E-state index contributed by atoms with van der Waals surface area (Å²) in [6.07, 6.45) is 1.43. The molecule has 1 amide bonds. The lowest BCUT2D eigenvalue weighted by molar-refractivity contribution is 0.0950. The van der Waals surface area contributed by atoms with Crippen LogP contribution >= 0.6 is 0 Å². The van der Waals surface area contributed by atoms with Gasteiger partial charge in [0.25, 0.3) is 5.91 Å². The van der Waals surface area contributed by atoms with E-state index < -0.39 is 26.6 Å². The number of halogens is 2. The van der Waals surface area contributed by atoms with Crippen LogP contribution in [0, 0.1) is 11.6 Å². The van der Waals surface area contributed by atoms with Gasteiger partial charge in [-0.25, -0.2) is 21.9 Å². The maximum absolute atomic E-state index is 14.4. The first-order valence-corrected chi connectivity index (χ1v) is 11.4. The van der Waals surface area contributed by atoms with Crippen molar-refractivity contribution < 1.29 is 22.0 Å². The molecule has 0 aliphatic heterocycles. The molecule has 30 heavy (non-hydrogen) atoms. The van der Waals surface area contributed by atoms with E-state index in [4.69, 9.17) is 0 Å². The first kappa shape index (κ1) is 22.2. The van der Waals surface area contributed by atoms with Crippen LogP contribution in [0.2, 0.25) is 0 Å². The highest BCUT2D eigenvalue weighted by molar-refractivity contribution is 7.89. The van der Waals surface area contributed by atoms with Crippen molar-refractivity contribution in [2.75, 3.05) is 18.0 Å². The van der Waals surface area contributed by atoms with E-state index in [1.807, 2.05) is 18.7 Å². The maximum atomic E-state index is 14.4. The number of nitrogens with zero attached hydrogens (tertiary/aromatic N) is 1. The van der Waals surface area contributed by atoms with Crippen LogP contribution in [0.4, 0.5) is 14.5 Å². The van der Waals surface area contributed by atoms with E-state index in [0.29, 0.717) is 37.2 Å². The molecule has 6 nitrogen and oxygen atoms in total. The molecule has 0 aromatic heterocycles. The highest BCUT2D eigenvalue weighted by Gasteiger charge is 2.30. The van der Waals surface area contributed by atoms with Crippen LogP contribution in [-0.2, 0) is 16.6 Å². The van der Waals surface area contributed by atoms with Crippen LogP contribution in [-0.4, -0.2) is 33.5 Å². The highest BCUT2D eigenvalue weighted by atomic mass is 32.2. The molecule has 0 unspecified atom stereocenters. The SMILES string of the molecule is CCN(CC)c1ccc(CNC(=O)c2ccc(F)c(S(=O)(=O)NC3CC3)c2)cc1F. The molecular weight excluding hydrogens is 412 g/mol. The predicted octanol–water partition coefficient (Wildman–Crippen LogP) is 3.18. The Hall–Kier alpha value is -2.52. The molecule has 3 rings (SSSR count). The zero-order chi connectivity index (χ0) is 21.9. The summed E-state index contributed by atoms with van der Waals surface area (Å²) in [6.45, 7) is 5.28. The molecule has 1 aliphatic rings. The van der Waals surface area contributed by atoms with Gasteiger partial charge in [0, 0.05) is 31.2 Å². The second kappa shape index (κ2) is 9.09. The van der Waals surface area contributed by atoms with E-state index in [-0.39, 0.29) is 24.0 Å². The molecule has 0 spiro atoms. The van der Waals surface area contributed by atoms with Crippen molar-refractivity contribution in [1.82, 2.24) is 10.0 Å². The zero-order valence-electron chi connectivity index (χ0n) is 16.9. The molecule has 2 aromatic carbocycles. The van der Waals surface area contributed by atoms with Crippen LogP contribution in [0.15, 0.2) is 41.3 Å². The lowest BCUT2D eigenvalue weighted by Crippen LogP contribution is -2.28. The standard InChI is InChI=1S/C21H25F2N3O3S/c1-3-26(4-2)19-10-5-14(11-18(19)23)13-24-21(27)15-6-9-17(22)20(12-15)30(28,29)25-16-7-8-16/h5-6,9-12,16,25H,3-4,7-8,13H2,1-2H3,(H,24,27). The monoisotopic (exact) mass is 437 g/mol. The Balaban J connectivity index is 1.71. The van der Waals surface area contributed by atoms with Crippen molar-refractivity contribution in [3.63, 3.8) is 0 Å². The molecule has 1 saturated carbocycles. The number of anilines is 1. The summed E-state index contributed by atoms with van der Waals surface area (Å²) >= 11 is 0. The van der Waals surface area contributed by atoms with Gasteiger partial charge in [-0.3, -0.25) is 4.79 Å². The molecule has 0 atom stereocenters. The average molecular weight is 438 g/mol. The Kier molecular flexibility index (Phi) is 6.72. The first-order chi connectivity index (χ1) is 14.2. The molecule has 9 heteroatoms. The van der Waals surface area contributed by atoms with Crippen LogP contribution in [0.25, 0.3) is 0 Å². The summed E-state index contributed by atoms with van der Waals surface area (Å²) in [7, 11) is -4.03. The number of carbonyl (C=O) groups is 1. The molecule has 0 heterocycles. The fourth-order valence-corrected chi connectivity index (χ4v) is 4.51. The maximum Gasteiger partial charge on any atom is 0.251 e. The van der Waals surface area contributed by atoms with Crippen molar-refractivity contribution in [1.29, 1.82) is 0 Å². The fraction of sp³-hybridized carbons (Fsp3) is 0.381. The minimum atomic E-state index is -4.03. The van der Waals surface area contributed by atoms with E-state index in [1.54, 1.807) is 12.1 Å². The lowest BCUT2D eigenvalue weighted by atomic mass is 10.1. The third-order valence-corrected chi connectivity index (χ3v) is 6.49. The van der Waals surface area contributed by atoms with Crippen molar-refractivity contribution in [2.24, 2.45) is 0 Å². The Morgan fingerprint density at radius 3 is 2.37 bits per heavy atom. The number of rotatable bonds is 9. The second-order valence-electron chi connectivity index (χ2n) is 7.18. The van der Waals surface area contributed by atoms with Crippen molar-refractivity contribution in [3.8, 4) is 0 Å². The van der Waals surface area contributed by atoms with Gasteiger partial charge < -0.3 is 10.2 Å². The summed E-state index contributed by atoms with van der Waals surface area (Å²) in [6, 6.07) is 7.74. The Bertz CT molecular complexity index is 1040. The Morgan fingerprint density at radius 2 is 1.77 bits per heavy atom. The molecule has 2 aromatic rings. The summed E-state index contributed by atoms with van der Waals surface area (Å²) in [5.41, 5.74) is 1.06. The average Bonchev–Trinajstić information content (AvgIpc) is 3.52. The van der Waals surface area contributed by atoms with Gasteiger partial charge in [0.15, 0.2) is 0 Å². The van der Waals surface area contributed by atoms with Crippen molar-refractivity contribution in [2.45, 2.75) is 44.2 Å². The molecule has 1 aliphatic carbocycles. The van der Waals surface area contributed by atoms with Crippen LogP contribution in [0.1, 0.15) is 42.6 Å². The van der Waals surface area contributed by atoms with Gasteiger partial charge in [0.05, 0.1) is 5.69 Å². The largest absolute Gasteiger partial charge is 0.370 e. The smallest absolute Gasteiger partial charge is 0.251 e. The summed E-state index contributed by atoms with van der Waals surface area (Å²) in [5, 5.41) is 2.61. The van der Waals surface area contributed by atoms with Gasteiger partial charge in [-0.05, 0) is 62.6 Å². The Morgan fingerprint density at radius 1 is 1.07 bits per heavy atom. The number of nitrogens with one attached hydrogen (secondary N) is 2. The van der Waals surface area contributed by atoms with E-state index in [2.05, 4.69) is 10.0 Å². The number of sulfonamides is 1. The minimum absolute atomic E-state index is 0.00723. The van der Waals surface area contributed by atoms with Crippen molar-refractivity contribution in [3.05, 3.63) is 59.2 Å². The van der Waals surface area contributed by atoms with E-state index in [1.165, 1.54) is 12.1 Å². The molecular formula is C21H25F2N3O3S. The molecule has 162 valence electrons. The number of benzene rings is 2. The summed E-state index contributed by atoms with van der Waals surface area (Å²) in [4.78, 5) is 13.8. The third kappa shape index (κ3) is 5.14. The van der Waals surface area contributed by atoms with Gasteiger partial charge >= 0.3 is 0 Å².